The van der Waals surface area contributed by atoms with Crippen molar-refractivity contribution in [2.75, 3.05) is 19.5 Å². The van der Waals surface area contributed by atoms with E-state index in [0.29, 0.717) is 23.5 Å². The first-order chi connectivity index (χ1) is 10.6. The third kappa shape index (κ3) is 2.35. The summed E-state index contributed by atoms with van der Waals surface area (Å²) in [4.78, 5) is 12.3. The molecule has 0 amide bonds. The number of phenolic OH excluding ortho intramolecular Hbond substituents is 1. The molecule has 1 atom stereocenters. The smallest absolute Gasteiger partial charge is 0.200 e. The number of aromatic hydroxyl groups is 1. The van der Waals surface area contributed by atoms with Crippen molar-refractivity contribution in [3.8, 4) is 17.2 Å². The second kappa shape index (κ2) is 5.60. The first-order valence-corrected chi connectivity index (χ1v) is 6.97. The first kappa shape index (κ1) is 14.3. The lowest BCUT2D eigenvalue weighted by Gasteiger charge is -2.27. The Bertz CT molecular complexity index is 701. The van der Waals surface area contributed by atoms with E-state index < -0.39 is 0 Å². The molecular formula is C17H17NO4. The van der Waals surface area contributed by atoms with E-state index >= 15 is 0 Å². The number of anilines is 1. The van der Waals surface area contributed by atoms with E-state index in [4.69, 9.17) is 9.47 Å². The molecule has 0 saturated heterocycles. The number of ketones is 1. The summed E-state index contributed by atoms with van der Waals surface area (Å²) < 4.78 is 10.3. The Kier molecular flexibility index (Phi) is 3.63. The number of nitrogens with one attached hydrogen (secondary N) is 1. The Labute approximate surface area is 128 Å². The molecule has 2 aromatic rings. The van der Waals surface area contributed by atoms with E-state index in [0.717, 1.165) is 11.3 Å². The maximum Gasteiger partial charge on any atom is 0.200 e. The Hall–Kier alpha value is -2.69. The zero-order chi connectivity index (χ0) is 15.7. The number of carbonyl (C=O) groups is 1. The van der Waals surface area contributed by atoms with Gasteiger partial charge in [-0.1, -0.05) is 12.1 Å². The van der Waals surface area contributed by atoms with Crippen LogP contribution >= 0.6 is 0 Å². The lowest BCUT2D eigenvalue weighted by Crippen LogP contribution is -2.22. The van der Waals surface area contributed by atoms with Gasteiger partial charge in [0.1, 0.15) is 0 Å². The number of methoxy groups -OCH3 is 2. The zero-order valence-corrected chi connectivity index (χ0v) is 12.4. The van der Waals surface area contributed by atoms with Crippen LogP contribution in [0.5, 0.6) is 17.2 Å². The van der Waals surface area contributed by atoms with Crippen molar-refractivity contribution in [1.29, 1.82) is 0 Å². The van der Waals surface area contributed by atoms with E-state index in [9.17, 15) is 9.90 Å². The van der Waals surface area contributed by atoms with Crippen LogP contribution in [0.2, 0.25) is 0 Å². The van der Waals surface area contributed by atoms with Crippen LogP contribution in [0.4, 0.5) is 5.69 Å². The highest BCUT2D eigenvalue weighted by molar-refractivity contribution is 6.03. The van der Waals surface area contributed by atoms with Crippen molar-refractivity contribution >= 4 is 11.5 Å². The predicted octanol–water partition coefficient (Wildman–Crippen LogP) is 3.15. The maximum absolute atomic E-state index is 12.3. The summed E-state index contributed by atoms with van der Waals surface area (Å²) in [6.07, 6.45) is 0.341. The Morgan fingerprint density at radius 1 is 1.14 bits per heavy atom. The Balaban J connectivity index is 2.01. The number of phenols is 1. The number of fused-ring (bicyclic) bond motifs is 1. The summed E-state index contributed by atoms with van der Waals surface area (Å²) in [6.45, 7) is 0. The molecule has 5 heteroatoms. The van der Waals surface area contributed by atoms with E-state index in [2.05, 4.69) is 5.32 Å². The topological polar surface area (TPSA) is 67.8 Å². The van der Waals surface area contributed by atoms with Crippen LogP contribution in [0.25, 0.3) is 0 Å². The van der Waals surface area contributed by atoms with Gasteiger partial charge < -0.3 is 19.9 Å². The third-order valence-electron chi connectivity index (χ3n) is 3.85. The molecule has 0 aliphatic carbocycles. The van der Waals surface area contributed by atoms with Crippen molar-refractivity contribution in [3.63, 3.8) is 0 Å². The van der Waals surface area contributed by atoms with Gasteiger partial charge in [-0.05, 0) is 29.8 Å². The monoisotopic (exact) mass is 299 g/mol. The SMILES string of the molecule is COc1cc([C@@H]2CC(=O)c3ccccc3N2)cc(OC)c1O. The summed E-state index contributed by atoms with van der Waals surface area (Å²) >= 11 is 0. The molecular weight excluding hydrogens is 282 g/mol. The first-order valence-electron chi connectivity index (χ1n) is 6.97. The summed E-state index contributed by atoms with van der Waals surface area (Å²) in [7, 11) is 2.96. The van der Waals surface area contributed by atoms with Crippen LogP contribution < -0.4 is 14.8 Å². The number of carbonyl (C=O) groups excluding carboxylic acids is 1. The Morgan fingerprint density at radius 3 is 2.41 bits per heavy atom. The fourth-order valence-electron chi connectivity index (χ4n) is 2.70. The zero-order valence-electron chi connectivity index (χ0n) is 12.4. The number of benzene rings is 2. The van der Waals surface area contributed by atoms with Gasteiger partial charge in [0.15, 0.2) is 17.3 Å². The van der Waals surface area contributed by atoms with Crippen molar-refractivity contribution < 1.29 is 19.4 Å². The molecule has 0 radical (unpaired) electrons. The van der Waals surface area contributed by atoms with Crippen LogP contribution in [-0.4, -0.2) is 25.1 Å². The molecule has 5 nitrogen and oxygen atoms in total. The van der Waals surface area contributed by atoms with Gasteiger partial charge in [0.05, 0.1) is 20.3 Å². The minimum absolute atomic E-state index is 0.0451. The van der Waals surface area contributed by atoms with Gasteiger partial charge in [-0.15, -0.1) is 0 Å². The van der Waals surface area contributed by atoms with Crippen LogP contribution in [0, 0.1) is 0 Å². The molecule has 114 valence electrons. The highest BCUT2D eigenvalue weighted by Gasteiger charge is 2.26. The molecule has 2 aromatic carbocycles. The standard InChI is InChI=1S/C17H17NO4/c1-21-15-7-10(8-16(22-2)17(15)20)13-9-14(19)11-5-3-4-6-12(11)18-13/h3-8,13,18,20H,9H2,1-2H3/t13-/m0/s1. The van der Waals surface area contributed by atoms with Crippen molar-refractivity contribution in [3.05, 3.63) is 47.5 Å². The molecule has 1 aliphatic heterocycles. The van der Waals surface area contributed by atoms with Gasteiger partial charge in [-0.25, -0.2) is 0 Å². The fraction of sp³-hybridized carbons (Fsp3) is 0.235. The Morgan fingerprint density at radius 2 is 1.77 bits per heavy atom. The van der Waals surface area contributed by atoms with E-state index in [-0.39, 0.29) is 17.6 Å². The number of hydrogen-bond donors (Lipinski definition) is 2. The average molecular weight is 299 g/mol. The highest BCUT2D eigenvalue weighted by atomic mass is 16.5. The lowest BCUT2D eigenvalue weighted by atomic mass is 9.92. The van der Waals surface area contributed by atoms with Gasteiger partial charge in [0.2, 0.25) is 5.75 Å². The number of para-hydroxylation sites is 1. The second-order valence-corrected chi connectivity index (χ2v) is 5.14. The highest BCUT2D eigenvalue weighted by Crippen LogP contribution is 2.41. The van der Waals surface area contributed by atoms with Gasteiger partial charge in [0.25, 0.3) is 0 Å². The molecule has 2 N–H and O–H groups in total. The van der Waals surface area contributed by atoms with Gasteiger partial charge in [-0.2, -0.15) is 0 Å². The molecule has 0 spiro atoms. The number of Topliss-reactive ketones (excluding diaryl/α,β-unsaturated/α-hetero) is 1. The second-order valence-electron chi connectivity index (χ2n) is 5.14. The van der Waals surface area contributed by atoms with E-state index in [1.54, 1.807) is 12.1 Å². The molecule has 1 aliphatic rings. The predicted molar refractivity (Wildman–Crippen MR) is 83.0 cm³/mol. The minimum atomic E-state index is -0.189. The summed E-state index contributed by atoms with van der Waals surface area (Å²) in [5, 5.41) is 13.3. The number of ether oxygens (including phenoxy) is 2. The minimum Gasteiger partial charge on any atom is -0.502 e. The average Bonchev–Trinajstić information content (AvgIpc) is 2.55. The van der Waals surface area contributed by atoms with Crippen LogP contribution in [0.1, 0.15) is 28.4 Å². The van der Waals surface area contributed by atoms with Crippen molar-refractivity contribution in [2.24, 2.45) is 0 Å². The third-order valence-corrected chi connectivity index (χ3v) is 3.85. The molecule has 0 bridgehead atoms. The van der Waals surface area contributed by atoms with Crippen LogP contribution in [0.3, 0.4) is 0 Å². The number of rotatable bonds is 3. The van der Waals surface area contributed by atoms with E-state index in [1.807, 2.05) is 24.3 Å². The molecule has 0 saturated carbocycles. The van der Waals surface area contributed by atoms with Gasteiger partial charge in [0, 0.05) is 17.7 Å². The van der Waals surface area contributed by atoms with Crippen LogP contribution in [-0.2, 0) is 0 Å². The fourth-order valence-corrected chi connectivity index (χ4v) is 2.70. The summed E-state index contributed by atoms with van der Waals surface area (Å²) in [5.41, 5.74) is 2.35. The van der Waals surface area contributed by atoms with E-state index in [1.165, 1.54) is 14.2 Å². The molecule has 3 rings (SSSR count). The number of hydrogen-bond acceptors (Lipinski definition) is 5. The normalized spacial score (nSPS) is 16.6. The summed E-state index contributed by atoms with van der Waals surface area (Å²) in [6, 6.07) is 10.7. The van der Waals surface area contributed by atoms with Crippen LogP contribution in [0.15, 0.2) is 36.4 Å². The molecule has 1 heterocycles. The molecule has 0 unspecified atom stereocenters. The molecule has 0 fully saturated rings. The van der Waals surface area contributed by atoms with Crippen molar-refractivity contribution in [1.82, 2.24) is 0 Å². The molecule has 22 heavy (non-hydrogen) atoms. The largest absolute Gasteiger partial charge is 0.502 e. The lowest BCUT2D eigenvalue weighted by molar-refractivity contribution is 0.0972. The van der Waals surface area contributed by atoms with Gasteiger partial charge in [-0.3, -0.25) is 4.79 Å². The quantitative estimate of drug-likeness (QED) is 0.911. The summed E-state index contributed by atoms with van der Waals surface area (Å²) in [5.74, 6) is 0.687. The molecule has 0 aromatic heterocycles. The van der Waals surface area contributed by atoms with Gasteiger partial charge >= 0.3 is 0 Å². The van der Waals surface area contributed by atoms with Crippen molar-refractivity contribution in [2.45, 2.75) is 12.5 Å². The maximum atomic E-state index is 12.3.